The van der Waals surface area contributed by atoms with Crippen LogP contribution in [0.3, 0.4) is 0 Å². The van der Waals surface area contributed by atoms with E-state index in [4.69, 9.17) is 10.00 Å². The molecule has 0 fully saturated rings. The van der Waals surface area contributed by atoms with E-state index in [-0.39, 0.29) is 5.97 Å². The quantitative estimate of drug-likeness (QED) is 0.497. The summed E-state index contributed by atoms with van der Waals surface area (Å²) in [4.78, 5) is 13.1. The number of esters is 1. The van der Waals surface area contributed by atoms with Gasteiger partial charge in [0.2, 0.25) is 6.23 Å². The van der Waals surface area contributed by atoms with Crippen molar-refractivity contribution in [2.45, 2.75) is 16.9 Å². The summed E-state index contributed by atoms with van der Waals surface area (Å²) in [6, 6.07) is 25.1. The highest BCUT2D eigenvalue weighted by Crippen LogP contribution is 2.36. The van der Waals surface area contributed by atoms with E-state index in [0.717, 1.165) is 27.5 Å². The number of anilines is 1. The summed E-state index contributed by atoms with van der Waals surface area (Å²) in [6.07, 6.45) is -0.481. The summed E-state index contributed by atoms with van der Waals surface area (Å²) in [6.45, 7) is 0. The first-order valence-electron chi connectivity index (χ1n) is 8.52. The molecule has 3 aromatic carbocycles. The fourth-order valence-electron chi connectivity index (χ4n) is 2.94. The lowest BCUT2D eigenvalue weighted by Crippen LogP contribution is -2.10. The van der Waals surface area contributed by atoms with Crippen molar-refractivity contribution in [2.75, 3.05) is 5.32 Å². The lowest BCUT2D eigenvalue weighted by molar-refractivity contribution is 0.0437. The van der Waals surface area contributed by atoms with Crippen LogP contribution < -0.4 is 5.32 Å². The number of fused-ring (bicyclic) bond motifs is 1. The molecule has 1 atom stereocenters. The van der Waals surface area contributed by atoms with Gasteiger partial charge in [-0.25, -0.2) is 4.79 Å². The van der Waals surface area contributed by atoms with Crippen LogP contribution in [0.5, 0.6) is 0 Å². The van der Waals surface area contributed by atoms with Gasteiger partial charge in [-0.1, -0.05) is 42.5 Å². The fraction of sp³-hybridized carbons (Fsp3) is 0.0909. The molecule has 5 heteroatoms. The highest BCUT2D eigenvalue weighted by molar-refractivity contribution is 7.98. The van der Waals surface area contributed by atoms with Crippen molar-refractivity contribution in [1.82, 2.24) is 0 Å². The molecule has 4 rings (SSSR count). The smallest absolute Gasteiger partial charge is 0.340 e. The Morgan fingerprint density at radius 1 is 1.00 bits per heavy atom. The number of nitrogens with zero attached hydrogens (tertiary/aromatic N) is 1. The zero-order valence-electron chi connectivity index (χ0n) is 14.4. The number of carbonyl (C=O) groups excluding carboxylic acids is 1. The Kier molecular flexibility index (Phi) is 4.82. The molecule has 1 heterocycles. The molecule has 4 nitrogen and oxygen atoms in total. The second-order valence-electron chi connectivity index (χ2n) is 6.11. The van der Waals surface area contributed by atoms with Crippen LogP contribution in [0.2, 0.25) is 0 Å². The molecule has 0 radical (unpaired) electrons. The Bertz CT molecular complexity index is 1020. The van der Waals surface area contributed by atoms with Crippen molar-refractivity contribution in [3.63, 3.8) is 0 Å². The third-order valence-electron chi connectivity index (χ3n) is 4.34. The molecular weight excluding hydrogens is 356 g/mol. The molecule has 0 aromatic heterocycles. The Morgan fingerprint density at radius 2 is 1.74 bits per heavy atom. The predicted molar refractivity (Wildman–Crippen MR) is 105 cm³/mol. The highest BCUT2D eigenvalue weighted by Gasteiger charge is 2.30. The zero-order valence-corrected chi connectivity index (χ0v) is 15.2. The fourth-order valence-corrected chi connectivity index (χ4v) is 3.91. The second kappa shape index (κ2) is 7.56. The van der Waals surface area contributed by atoms with Crippen LogP contribution in [0.1, 0.15) is 33.3 Å². The SMILES string of the molecule is N#Cc1ccc(CSc2ccccc2N[C@@H]2OC(=O)c3ccccc32)cc1. The van der Waals surface area contributed by atoms with E-state index in [1.54, 1.807) is 17.8 Å². The Hall–Kier alpha value is -3.23. The second-order valence-corrected chi connectivity index (χ2v) is 7.13. The topological polar surface area (TPSA) is 62.1 Å². The number of thioether (sulfide) groups is 1. The van der Waals surface area contributed by atoms with Crippen molar-refractivity contribution in [3.05, 3.63) is 95.1 Å². The maximum atomic E-state index is 12.0. The molecule has 0 unspecified atom stereocenters. The van der Waals surface area contributed by atoms with E-state index in [0.29, 0.717) is 11.1 Å². The van der Waals surface area contributed by atoms with Crippen LogP contribution in [0.4, 0.5) is 5.69 Å². The summed E-state index contributed by atoms with van der Waals surface area (Å²) >= 11 is 1.69. The Balaban J connectivity index is 1.50. The van der Waals surface area contributed by atoms with Crippen LogP contribution >= 0.6 is 11.8 Å². The van der Waals surface area contributed by atoms with Gasteiger partial charge in [-0.3, -0.25) is 0 Å². The number of hydrogen-bond donors (Lipinski definition) is 1. The lowest BCUT2D eigenvalue weighted by atomic mass is 10.1. The molecule has 3 aromatic rings. The number of cyclic esters (lactones) is 1. The minimum Gasteiger partial charge on any atom is -0.434 e. The molecule has 27 heavy (non-hydrogen) atoms. The normalized spacial score (nSPS) is 14.9. The van der Waals surface area contributed by atoms with Gasteiger partial charge in [0.25, 0.3) is 0 Å². The van der Waals surface area contributed by atoms with E-state index in [1.807, 2.05) is 66.7 Å². The van der Waals surface area contributed by atoms with Crippen LogP contribution in [0.25, 0.3) is 0 Å². The average Bonchev–Trinajstić information content (AvgIpc) is 3.03. The Morgan fingerprint density at radius 3 is 2.56 bits per heavy atom. The predicted octanol–water partition coefficient (Wildman–Crippen LogP) is 5.13. The van der Waals surface area contributed by atoms with Crippen molar-refractivity contribution in [3.8, 4) is 6.07 Å². The van der Waals surface area contributed by atoms with Crippen molar-refractivity contribution in [2.24, 2.45) is 0 Å². The van der Waals surface area contributed by atoms with E-state index in [9.17, 15) is 4.79 Å². The number of rotatable bonds is 5. The standard InChI is InChI=1S/C22H16N2O2S/c23-13-15-9-11-16(12-10-15)14-27-20-8-4-3-7-19(20)24-21-17-5-1-2-6-18(17)22(25)26-21/h1-12,21,24H,14H2/t21-/m1/s1. The third kappa shape index (κ3) is 3.67. The average molecular weight is 372 g/mol. The summed E-state index contributed by atoms with van der Waals surface area (Å²) < 4.78 is 5.49. The van der Waals surface area contributed by atoms with Gasteiger partial charge in [-0.2, -0.15) is 5.26 Å². The number of ether oxygens (including phenoxy) is 1. The lowest BCUT2D eigenvalue weighted by Gasteiger charge is -2.17. The first-order chi connectivity index (χ1) is 13.2. The molecule has 0 bridgehead atoms. The van der Waals surface area contributed by atoms with Gasteiger partial charge in [-0.05, 0) is 35.9 Å². The first-order valence-corrected chi connectivity index (χ1v) is 9.50. The highest BCUT2D eigenvalue weighted by atomic mass is 32.2. The van der Waals surface area contributed by atoms with Gasteiger partial charge < -0.3 is 10.1 Å². The monoisotopic (exact) mass is 372 g/mol. The largest absolute Gasteiger partial charge is 0.434 e. The molecule has 0 aliphatic carbocycles. The van der Waals surface area contributed by atoms with Gasteiger partial charge in [0.1, 0.15) is 0 Å². The maximum absolute atomic E-state index is 12.0. The molecule has 0 saturated heterocycles. The van der Waals surface area contributed by atoms with Gasteiger partial charge in [0, 0.05) is 16.2 Å². The maximum Gasteiger partial charge on any atom is 0.340 e. The first kappa shape index (κ1) is 17.2. The molecule has 132 valence electrons. The van der Waals surface area contributed by atoms with Crippen LogP contribution in [-0.4, -0.2) is 5.97 Å². The van der Waals surface area contributed by atoms with Crippen LogP contribution in [0, 0.1) is 11.3 Å². The molecular formula is C22H16N2O2S. The molecule has 1 aliphatic heterocycles. The summed E-state index contributed by atoms with van der Waals surface area (Å²) in [5, 5.41) is 12.2. The van der Waals surface area contributed by atoms with Crippen molar-refractivity contribution >= 4 is 23.4 Å². The van der Waals surface area contributed by atoms with E-state index in [1.165, 1.54) is 0 Å². The van der Waals surface area contributed by atoms with E-state index in [2.05, 4.69) is 11.4 Å². The van der Waals surface area contributed by atoms with Gasteiger partial charge >= 0.3 is 5.97 Å². The van der Waals surface area contributed by atoms with Gasteiger partial charge in [0.15, 0.2) is 0 Å². The number of benzene rings is 3. The van der Waals surface area contributed by atoms with Crippen LogP contribution in [-0.2, 0) is 10.5 Å². The van der Waals surface area contributed by atoms with Gasteiger partial charge in [-0.15, -0.1) is 11.8 Å². The molecule has 0 amide bonds. The molecule has 0 saturated carbocycles. The van der Waals surface area contributed by atoms with E-state index < -0.39 is 6.23 Å². The molecule has 1 aliphatic rings. The number of para-hydroxylation sites is 1. The van der Waals surface area contributed by atoms with Gasteiger partial charge in [0.05, 0.1) is 22.9 Å². The minimum absolute atomic E-state index is 0.300. The summed E-state index contributed by atoms with van der Waals surface area (Å²) in [7, 11) is 0. The van der Waals surface area contributed by atoms with Crippen molar-refractivity contribution < 1.29 is 9.53 Å². The number of nitrogens with one attached hydrogen (secondary N) is 1. The number of carbonyl (C=O) groups is 1. The number of hydrogen-bond acceptors (Lipinski definition) is 5. The van der Waals surface area contributed by atoms with E-state index >= 15 is 0 Å². The third-order valence-corrected chi connectivity index (χ3v) is 5.48. The molecule has 0 spiro atoms. The minimum atomic E-state index is -0.481. The summed E-state index contributed by atoms with van der Waals surface area (Å²) in [5.74, 6) is 0.483. The van der Waals surface area contributed by atoms with Crippen LogP contribution in [0.15, 0.2) is 77.7 Å². The number of nitriles is 1. The zero-order chi connectivity index (χ0) is 18.6. The van der Waals surface area contributed by atoms with Crippen molar-refractivity contribution in [1.29, 1.82) is 5.26 Å². The summed E-state index contributed by atoms with van der Waals surface area (Å²) in [5.41, 5.74) is 4.19. The molecule has 1 N–H and O–H groups in total. The Labute approximate surface area is 161 Å².